The Kier molecular flexibility index (Phi) is 166. The van der Waals surface area contributed by atoms with E-state index in [0.29, 0.717) is 6.42 Å². The summed E-state index contributed by atoms with van der Waals surface area (Å²) in [5, 5.41) is 11.8. The van der Waals surface area contributed by atoms with E-state index < -0.39 is 11.5 Å². The highest BCUT2D eigenvalue weighted by molar-refractivity contribution is 6.07. The molecule has 1 saturated heterocycles. The molecule has 1 heterocycles. The third-order valence-corrected chi connectivity index (χ3v) is 11.5. The molecule has 506 valence electrons. The van der Waals surface area contributed by atoms with E-state index in [1.807, 2.05) is 79.8 Å². The van der Waals surface area contributed by atoms with Crippen molar-refractivity contribution in [1.82, 2.24) is 5.32 Å². The first kappa shape index (κ1) is 109. The molecule has 2 amide bonds. The van der Waals surface area contributed by atoms with Crippen molar-refractivity contribution < 1.29 is 14.7 Å². The van der Waals surface area contributed by atoms with Crippen LogP contribution in [-0.4, -0.2) is 22.5 Å². The zero-order valence-corrected chi connectivity index (χ0v) is 60.7. The third kappa shape index (κ3) is 173. The Hall–Kier alpha value is -4.02. The molecule has 4 nitrogen and oxygen atoms in total. The molecule has 0 spiro atoms. The zero-order valence-electron chi connectivity index (χ0n) is 60.7. The van der Waals surface area contributed by atoms with E-state index in [1.54, 1.807) is 0 Å². The minimum atomic E-state index is -1.42. The molecule has 1 aliphatic heterocycles. The SMILES string of the molecule is C=CCCCC.C=CCCCC.C=CCCCC.C=CCCCC.C=CCCCC.C=CCCCC.C=CCCCC.C=CCCCC.C=CCCCC.C=CCCCC.C=CCCCC.C=CCCCC.CCCCCC1(O)CC(=O)NC1=O. The Balaban J connectivity index is -0.0000000686. The van der Waals surface area contributed by atoms with Crippen molar-refractivity contribution in [3.05, 3.63) is 152 Å². The number of rotatable bonds is 40. The van der Waals surface area contributed by atoms with Gasteiger partial charge in [-0.2, -0.15) is 0 Å². The van der Waals surface area contributed by atoms with E-state index in [4.69, 9.17) is 0 Å². The molecule has 0 bridgehead atoms. The van der Waals surface area contributed by atoms with Crippen LogP contribution in [0.1, 0.15) is 353 Å². The molecule has 1 aliphatic rings. The molecule has 85 heavy (non-hydrogen) atoms. The standard InChI is InChI=1S/C9H15NO3.12C6H12/c1-2-3-4-5-9(13)6-7(11)10-8(9)12;12*1-3-5-6-4-2/h13H,2-6H2,1H3,(H,10,11,12);12*3H,1,4-6H2,2H3. The summed E-state index contributed by atoms with van der Waals surface area (Å²) in [6.45, 7) is 71.4. The van der Waals surface area contributed by atoms with E-state index in [0.717, 1.165) is 19.3 Å². The second-order valence-corrected chi connectivity index (χ2v) is 20.7. The molecule has 1 unspecified atom stereocenters. The van der Waals surface area contributed by atoms with E-state index in [2.05, 4.69) is 167 Å². The van der Waals surface area contributed by atoms with Crippen molar-refractivity contribution in [3.63, 3.8) is 0 Å². The van der Waals surface area contributed by atoms with Crippen LogP contribution in [0.15, 0.2) is 152 Å². The van der Waals surface area contributed by atoms with Crippen LogP contribution in [0.3, 0.4) is 0 Å². The van der Waals surface area contributed by atoms with Crippen molar-refractivity contribution >= 4 is 11.8 Å². The van der Waals surface area contributed by atoms with E-state index in [1.165, 1.54) is 231 Å². The normalized spacial score (nSPS) is 11.2. The molecule has 0 aromatic carbocycles. The highest BCUT2D eigenvalue weighted by atomic mass is 16.3. The fraction of sp³-hybridized carbons (Fsp3) is 0.679. The Morgan fingerprint density at radius 3 is 0.506 bits per heavy atom. The van der Waals surface area contributed by atoms with Crippen molar-refractivity contribution in [2.75, 3.05) is 0 Å². The summed E-state index contributed by atoms with van der Waals surface area (Å²) in [5.74, 6) is -0.905. The first-order valence-electron chi connectivity index (χ1n) is 34.9. The zero-order chi connectivity index (χ0) is 67.8. The first-order valence-corrected chi connectivity index (χ1v) is 34.9. The van der Waals surface area contributed by atoms with Crippen LogP contribution < -0.4 is 5.32 Å². The van der Waals surface area contributed by atoms with E-state index >= 15 is 0 Å². The Labute approximate surface area is 539 Å². The number of imide groups is 1. The van der Waals surface area contributed by atoms with E-state index in [9.17, 15) is 14.7 Å². The summed E-state index contributed by atoms with van der Waals surface area (Å²) in [7, 11) is 0. The van der Waals surface area contributed by atoms with Gasteiger partial charge in [0, 0.05) is 0 Å². The van der Waals surface area contributed by atoms with Crippen LogP contribution in [0.25, 0.3) is 0 Å². The molecule has 1 rings (SSSR count). The van der Waals surface area contributed by atoms with Crippen LogP contribution in [-0.2, 0) is 9.59 Å². The van der Waals surface area contributed by atoms with Gasteiger partial charge in [0.15, 0.2) is 5.60 Å². The van der Waals surface area contributed by atoms with E-state index in [-0.39, 0.29) is 12.3 Å². The number of hydrogen-bond acceptors (Lipinski definition) is 3. The van der Waals surface area contributed by atoms with Gasteiger partial charge in [0.25, 0.3) is 5.91 Å². The minimum Gasteiger partial charge on any atom is -0.379 e. The predicted molar refractivity (Wildman–Crippen MR) is 404 cm³/mol. The minimum absolute atomic E-state index is 0.0739. The number of carbonyl (C=O) groups excluding carboxylic acids is 2. The fourth-order valence-corrected chi connectivity index (χ4v) is 5.68. The van der Waals surface area contributed by atoms with Crippen molar-refractivity contribution in [2.24, 2.45) is 0 Å². The maximum atomic E-state index is 11.1. The molecule has 0 radical (unpaired) electrons. The fourth-order valence-electron chi connectivity index (χ4n) is 5.68. The van der Waals surface area contributed by atoms with Gasteiger partial charge >= 0.3 is 0 Å². The first-order chi connectivity index (χ1) is 41.1. The van der Waals surface area contributed by atoms with Crippen LogP contribution >= 0.6 is 0 Å². The summed E-state index contributed by atoms with van der Waals surface area (Å²) in [6, 6.07) is 0. The van der Waals surface area contributed by atoms with Gasteiger partial charge in [-0.25, -0.2) is 0 Å². The Bertz CT molecular complexity index is 1000. The molecule has 1 fully saturated rings. The lowest BCUT2D eigenvalue weighted by molar-refractivity contribution is -0.135. The summed E-state index contributed by atoms with van der Waals surface area (Å²) < 4.78 is 0. The Morgan fingerprint density at radius 2 is 0.424 bits per heavy atom. The average molecular weight is 1200 g/mol. The lowest BCUT2D eigenvalue weighted by Gasteiger charge is -2.17. The molecule has 0 saturated carbocycles. The Morgan fingerprint density at radius 1 is 0.282 bits per heavy atom. The number of aliphatic hydroxyl groups is 1. The third-order valence-electron chi connectivity index (χ3n) is 11.5. The number of unbranched alkanes of at least 4 members (excludes halogenated alkanes) is 26. The summed E-state index contributed by atoms with van der Waals surface area (Å²) >= 11 is 0. The van der Waals surface area contributed by atoms with Crippen LogP contribution in [0.4, 0.5) is 0 Å². The molecule has 2 N–H and O–H groups in total. The van der Waals surface area contributed by atoms with Gasteiger partial charge in [0.05, 0.1) is 6.42 Å². The molecule has 0 aromatic rings. The maximum absolute atomic E-state index is 11.1. The number of amides is 2. The van der Waals surface area contributed by atoms with Crippen LogP contribution in [0.2, 0.25) is 0 Å². The second-order valence-electron chi connectivity index (χ2n) is 20.7. The summed E-state index contributed by atoms with van der Waals surface area (Å²) in [4.78, 5) is 21.9. The predicted octanol–water partition coefficient (Wildman–Crippen LogP) is 28.7. The van der Waals surface area contributed by atoms with Gasteiger partial charge < -0.3 is 5.11 Å². The molecule has 4 heteroatoms. The monoisotopic (exact) mass is 1190 g/mol. The summed E-state index contributed by atoms with van der Waals surface area (Å²) in [5.41, 5.74) is -1.42. The second kappa shape index (κ2) is 130. The van der Waals surface area contributed by atoms with Gasteiger partial charge in [0.2, 0.25) is 5.91 Å². The number of hydrogen-bond donors (Lipinski definition) is 2. The maximum Gasteiger partial charge on any atom is 0.259 e. The van der Waals surface area contributed by atoms with Crippen LogP contribution in [0.5, 0.6) is 0 Å². The highest BCUT2D eigenvalue weighted by Crippen LogP contribution is 2.23. The number of carbonyl (C=O) groups is 2. The molecule has 1 atom stereocenters. The molecular weight excluding hydrogens is 1030 g/mol. The highest BCUT2D eigenvalue weighted by Gasteiger charge is 2.44. The number of allylic oxidation sites excluding steroid dienone is 12. The van der Waals surface area contributed by atoms with Crippen molar-refractivity contribution in [1.29, 1.82) is 0 Å². The lowest BCUT2D eigenvalue weighted by atomic mass is 9.94. The van der Waals surface area contributed by atoms with Gasteiger partial charge in [-0.05, 0) is 83.5 Å². The van der Waals surface area contributed by atoms with Crippen LogP contribution in [0, 0.1) is 0 Å². The smallest absolute Gasteiger partial charge is 0.259 e. The topological polar surface area (TPSA) is 66.4 Å². The molecule has 0 aliphatic carbocycles. The van der Waals surface area contributed by atoms with Gasteiger partial charge in [0.1, 0.15) is 0 Å². The van der Waals surface area contributed by atoms with Crippen molar-refractivity contribution in [3.8, 4) is 0 Å². The lowest BCUT2D eigenvalue weighted by Crippen LogP contribution is -2.37. The van der Waals surface area contributed by atoms with Gasteiger partial charge in [-0.1, -0.05) is 336 Å². The summed E-state index contributed by atoms with van der Waals surface area (Å²) in [6.07, 6.45) is 71.7. The molecule has 0 aromatic heterocycles. The molecular formula is C81H159NO3. The van der Waals surface area contributed by atoms with Gasteiger partial charge in [-0.3, -0.25) is 14.9 Å². The van der Waals surface area contributed by atoms with Gasteiger partial charge in [-0.15, -0.1) is 78.9 Å². The number of nitrogens with one attached hydrogen (secondary N) is 1. The average Bonchev–Trinajstić information content (AvgIpc) is 3.81. The van der Waals surface area contributed by atoms with Crippen molar-refractivity contribution in [2.45, 2.75) is 359 Å². The quantitative estimate of drug-likeness (QED) is 0.0365. The largest absolute Gasteiger partial charge is 0.379 e.